The highest BCUT2D eigenvalue weighted by molar-refractivity contribution is 5.72. The number of hydrogen-bond acceptors (Lipinski definition) is 2. The van der Waals surface area contributed by atoms with E-state index in [4.69, 9.17) is 0 Å². The predicted molar refractivity (Wildman–Crippen MR) is 54.9 cm³/mol. The predicted octanol–water partition coefficient (Wildman–Crippen LogP) is 2.76. The van der Waals surface area contributed by atoms with E-state index in [1.165, 1.54) is 0 Å². The third-order valence-electron chi connectivity index (χ3n) is 1.98. The zero-order valence-corrected chi connectivity index (χ0v) is 9.27. The topological polar surface area (TPSA) is 26.3 Å². The first kappa shape index (κ1) is 14.0. The van der Waals surface area contributed by atoms with Crippen molar-refractivity contribution in [3.63, 3.8) is 0 Å². The molecule has 2 nitrogen and oxygen atoms in total. The number of carbonyl (C=O) groups is 1. The van der Waals surface area contributed by atoms with Crippen molar-refractivity contribution in [2.45, 2.75) is 12.6 Å². The lowest BCUT2D eigenvalue weighted by atomic mass is 10.1. The van der Waals surface area contributed by atoms with Crippen LogP contribution in [0.3, 0.4) is 0 Å². The minimum Gasteiger partial charge on any atom is -0.468 e. The molecule has 18 heavy (non-hydrogen) atoms. The molecular formula is C12H8F4O2. The Bertz CT molecular complexity index is 509. The van der Waals surface area contributed by atoms with Crippen LogP contribution in [0.2, 0.25) is 0 Å². The number of methoxy groups -OCH3 is 1. The highest BCUT2D eigenvalue weighted by Gasteiger charge is 2.30. The second kappa shape index (κ2) is 5.54. The van der Waals surface area contributed by atoms with E-state index in [2.05, 4.69) is 16.6 Å². The molecule has 0 amide bonds. The SMILES string of the molecule is COC(=O)CC#Cc1cc(C(F)(F)F)ccc1F. The van der Waals surface area contributed by atoms with Gasteiger partial charge in [0.1, 0.15) is 12.2 Å². The van der Waals surface area contributed by atoms with E-state index < -0.39 is 29.1 Å². The molecule has 0 saturated heterocycles. The van der Waals surface area contributed by atoms with Crippen molar-refractivity contribution in [3.05, 3.63) is 35.1 Å². The van der Waals surface area contributed by atoms with Crippen molar-refractivity contribution in [2.24, 2.45) is 0 Å². The first-order valence-corrected chi connectivity index (χ1v) is 4.77. The van der Waals surface area contributed by atoms with Crippen LogP contribution in [0.15, 0.2) is 18.2 Å². The molecule has 0 unspecified atom stereocenters. The maximum Gasteiger partial charge on any atom is 0.416 e. The molecule has 0 radical (unpaired) electrons. The maximum absolute atomic E-state index is 13.2. The third kappa shape index (κ3) is 3.77. The highest BCUT2D eigenvalue weighted by Crippen LogP contribution is 2.30. The van der Waals surface area contributed by atoms with Crippen molar-refractivity contribution < 1.29 is 27.1 Å². The van der Waals surface area contributed by atoms with Crippen LogP contribution >= 0.6 is 0 Å². The fourth-order valence-corrected chi connectivity index (χ4v) is 1.08. The number of benzene rings is 1. The summed E-state index contributed by atoms with van der Waals surface area (Å²) in [5.74, 6) is 2.89. The summed E-state index contributed by atoms with van der Waals surface area (Å²) in [7, 11) is 1.15. The van der Waals surface area contributed by atoms with Gasteiger partial charge in [0, 0.05) is 0 Å². The van der Waals surface area contributed by atoms with Crippen LogP contribution in [0.4, 0.5) is 17.6 Å². The Morgan fingerprint density at radius 1 is 1.39 bits per heavy atom. The molecule has 0 N–H and O–H groups in total. The van der Waals surface area contributed by atoms with E-state index in [0.29, 0.717) is 18.2 Å². The second-order valence-electron chi connectivity index (χ2n) is 3.25. The van der Waals surface area contributed by atoms with Gasteiger partial charge in [-0.15, -0.1) is 0 Å². The number of rotatable bonds is 1. The van der Waals surface area contributed by atoms with Gasteiger partial charge in [-0.1, -0.05) is 11.8 Å². The summed E-state index contributed by atoms with van der Waals surface area (Å²) in [6.45, 7) is 0. The first-order valence-electron chi connectivity index (χ1n) is 4.77. The summed E-state index contributed by atoms with van der Waals surface area (Å²) >= 11 is 0. The summed E-state index contributed by atoms with van der Waals surface area (Å²) in [5.41, 5.74) is -1.40. The fourth-order valence-electron chi connectivity index (χ4n) is 1.08. The smallest absolute Gasteiger partial charge is 0.416 e. The minimum atomic E-state index is -4.56. The van der Waals surface area contributed by atoms with Crippen LogP contribution in [0.25, 0.3) is 0 Å². The molecule has 0 spiro atoms. The van der Waals surface area contributed by atoms with E-state index in [9.17, 15) is 22.4 Å². The van der Waals surface area contributed by atoms with Crippen LogP contribution in [-0.2, 0) is 15.7 Å². The summed E-state index contributed by atoms with van der Waals surface area (Å²) < 4.78 is 54.5. The molecule has 0 heterocycles. The summed E-state index contributed by atoms with van der Waals surface area (Å²) in [6.07, 6.45) is -4.88. The van der Waals surface area contributed by atoms with E-state index in [0.717, 1.165) is 7.11 Å². The zero-order valence-electron chi connectivity index (χ0n) is 9.27. The molecule has 0 fully saturated rings. The molecular weight excluding hydrogens is 252 g/mol. The fraction of sp³-hybridized carbons (Fsp3) is 0.250. The lowest BCUT2D eigenvalue weighted by Gasteiger charge is -2.06. The molecule has 1 aromatic carbocycles. The van der Waals surface area contributed by atoms with Crippen molar-refractivity contribution in [2.75, 3.05) is 7.11 Å². The van der Waals surface area contributed by atoms with E-state index >= 15 is 0 Å². The van der Waals surface area contributed by atoms with Crippen molar-refractivity contribution in [1.29, 1.82) is 0 Å². The summed E-state index contributed by atoms with van der Waals surface area (Å²) in [4.78, 5) is 10.7. The number of hydrogen-bond donors (Lipinski definition) is 0. The van der Waals surface area contributed by atoms with E-state index in [1.54, 1.807) is 0 Å². The molecule has 0 aliphatic carbocycles. The van der Waals surface area contributed by atoms with Gasteiger partial charge in [0.25, 0.3) is 0 Å². The zero-order chi connectivity index (χ0) is 13.8. The normalized spacial score (nSPS) is 10.5. The van der Waals surface area contributed by atoms with Crippen molar-refractivity contribution in [1.82, 2.24) is 0 Å². The van der Waals surface area contributed by atoms with Crippen LogP contribution in [-0.4, -0.2) is 13.1 Å². The van der Waals surface area contributed by atoms with Gasteiger partial charge < -0.3 is 4.74 Å². The summed E-state index contributed by atoms with van der Waals surface area (Å²) in [5, 5.41) is 0. The average molecular weight is 260 g/mol. The lowest BCUT2D eigenvalue weighted by Crippen LogP contribution is -2.05. The van der Waals surface area contributed by atoms with Gasteiger partial charge >= 0.3 is 12.1 Å². The molecule has 0 atom stereocenters. The monoisotopic (exact) mass is 260 g/mol. The Balaban J connectivity index is 2.98. The van der Waals surface area contributed by atoms with E-state index in [-0.39, 0.29) is 6.42 Å². The quantitative estimate of drug-likeness (QED) is 0.441. The molecule has 0 bridgehead atoms. The van der Waals surface area contributed by atoms with Crippen LogP contribution in [0, 0.1) is 17.7 Å². The van der Waals surface area contributed by atoms with Crippen LogP contribution in [0.1, 0.15) is 17.5 Å². The lowest BCUT2D eigenvalue weighted by molar-refractivity contribution is -0.139. The van der Waals surface area contributed by atoms with Gasteiger partial charge in [-0.3, -0.25) is 4.79 Å². The average Bonchev–Trinajstić information content (AvgIpc) is 2.29. The number of alkyl halides is 3. The van der Waals surface area contributed by atoms with Gasteiger partial charge in [0.2, 0.25) is 0 Å². The Labute approximate surface area is 101 Å². The van der Waals surface area contributed by atoms with E-state index in [1.807, 2.05) is 0 Å². The molecule has 6 heteroatoms. The minimum absolute atomic E-state index is 0.313. The molecule has 0 aliphatic rings. The number of esters is 1. The van der Waals surface area contributed by atoms with Gasteiger partial charge in [0.05, 0.1) is 18.2 Å². The Kier molecular flexibility index (Phi) is 4.32. The largest absolute Gasteiger partial charge is 0.468 e. The first-order chi connectivity index (χ1) is 8.34. The third-order valence-corrected chi connectivity index (χ3v) is 1.98. The second-order valence-corrected chi connectivity index (χ2v) is 3.25. The molecule has 0 aliphatic heterocycles. The van der Waals surface area contributed by atoms with Crippen LogP contribution < -0.4 is 0 Å². The van der Waals surface area contributed by atoms with Gasteiger partial charge in [0.15, 0.2) is 0 Å². The van der Waals surface area contributed by atoms with Gasteiger partial charge in [-0.2, -0.15) is 13.2 Å². The van der Waals surface area contributed by atoms with Crippen molar-refractivity contribution >= 4 is 5.97 Å². The van der Waals surface area contributed by atoms with Crippen molar-refractivity contribution in [3.8, 4) is 11.8 Å². The number of halogens is 4. The Morgan fingerprint density at radius 3 is 2.61 bits per heavy atom. The molecule has 96 valence electrons. The highest BCUT2D eigenvalue weighted by atomic mass is 19.4. The molecule has 1 aromatic rings. The number of ether oxygens (including phenoxy) is 1. The number of carbonyl (C=O) groups excluding carboxylic acids is 1. The Morgan fingerprint density at radius 2 is 2.06 bits per heavy atom. The molecule has 1 rings (SSSR count). The van der Waals surface area contributed by atoms with Crippen LogP contribution in [0.5, 0.6) is 0 Å². The molecule has 0 saturated carbocycles. The standard InChI is InChI=1S/C12H8F4O2/c1-18-11(17)4-2-3-8-7-9(12(14,15)16)5-6-10(8)13/h5-7H,4H2,1H3. The molecule has 0 aromatic heterocycles. The maximum atomic E-state index is 13.2. The Hall–Kier alpha value is -2.03. The van der Waals surface area contributed by atoms with Gasteiger partial charge in [-0.25, -0.2) is 4.39 Å². The summed E-state index contributed by atoms with van der Waals surface area (Å²) in [6, 6.07) is 1.91. The van der Waals surface area contributed by atoms with Gasteiger partial charge in [-0.05, 0) is 18.2 Å².